The minimum absolute atomic E-state index is 0.588. The SMILES string of the molecule is CCNC1CC2CCC(C1)N2C(C)COC. The van der Waals surface area contributed by atoms with E-state index >= 15 is 0 Å². The van der Waals surface area contributed by atoms with Gasteiger partial charge in [0.15, 0.2) is 0 Å². The summed E-state index contributed by atoms with van der Waals surface area (Å²) < 4.78 is 5.30. The van der Waals surface area contributed by atoms with Gasteiger partial charge in [-0.15, -0.1) is 0 Å². The van der Waals surface area contributed by atoms with Crippen molar-refractivity contribution in [3.8, 4) is 0 Å². The number of nitrogens with one attached hydrogen (secondary N) is 1. The zero-order chi connectivity index (χ0) is 11.5. The molecule has 0 aliphatic carbocycles. The van der Waals surface area contributed by atoms with Gasteiger partial charge in [-0.2, -0.15) is 0 Å². The Labute approximate surface area is 99.5 Å². The lowest BCUT2D eigenvalue weighted by molar-refractivity contribution is 0.0337. The number of nitrogens with zero attached hydrogens (tertiary/aromatic N) is 1. The Morgan fingerprint density at radius 3 is 2.44 bits per heavy atom. The largest absolute Gasteiger partial charge is 0.383 e. The number of hydrogen-bond acceptors (Lipinski definition) is 3. The zero-order valence-electron chi connectivity index (χ0n) is 10.9. The monoisotopic (exact) mass is 226 g/mol. The van der Waals surface area contributed by atoms with E-state index in [2.05, 4.69) is 24.1 Å². The van der Waals surface area contributed by atoms with Crippen molar-refractivity contribution in [2.75, 3.05) is 20.3 Å². The van der Waals surface area contributed by atoms with Gasteiger partial charge in [0.1, 0.15) is 0 Å². The second-order valence-electron chi connectivity index (χ2n) is 5.36. The fourth-order valence-electron chi connectivity index (χ4n) is 3.72. The van der Waals surface area contributed by atoms with Gasteiger partial charge < -0.3 is 10.1 Å². The average Bonchev–Trinajstić information content (AvgIpc) is 2.52. The molecular weight excluding hydrogens is 200 g/mol. The van der Waals surface area contributed by atoms with Crippen molar-refractivity contribution in [1.29, 1.82) is 0 Å². The molecule has 2 saturated heterocycles. The van der Waals surface area contributed by atoms with E-state index in [9.17, 15) is 0 Å². The van der Waals surface area contributed by atoms with E-state index < -0.39 is 0 Å². The topological polar surface area (TPSA) is 24.5 Å². The van der Waals surface area contributed by atoms with E-state index in [0.29, 0.717) is 6.04 Å². The molecule has 16 heavy (non-hydrogen) atoms. The smallest absolute Gasteiger partial charge is 0.0615 e. The van der Waals surface area contributed by atoms with Crippen LogP contribution in [0.5, 0.6) is 0 Å². The highest BCUT2D eigenvalue weighted by atomic mass is 16.5. The molecule has 2 heterocycles. The van der Waals surface area contributed by atoms with Crippen LogP contribution in [0.1, 0.15) is 39.5 Å². The number of methoxy groups -OCH3 is 1. The minimum Gasteiger partial charge on any atom is -0.383 e. The van der Waals surface area contributed by atoms with E-state index in [1.165, 1.54) is 25.7 Å². The number of fused-ring (bicyclic) bond motifs is 2. The van der Waals surface area contributed by atoms with Crippen molar-refractivity contribution < 1.29 is 4.74 Å². The Bertz CT molecular complexity index is 208. The van der Waals surface area contributed by atoms with Crippen molar-refractivity contribution in [1.82, 2.24) is 10.2 Å². The van der Waals surface area contributed by atoms with Gasteiger partial charge in [-0.25, -0.2) is 0 Å². The number of rotatable bonds is 5. The predicted molar refractivity (Wildman–Crippen MR) is 66.7 cm³/mol. The van der Waals surface area contributed by atoms with Crippen LogP contribution in [-0.4, -0.2) is 49.3 Å². The Balaban J connectivity index is 1.94. The molecule has 3 heteroatoms. The fraction of sp³-hybridized carbons (Fsp3) is 1.00. The molecule has 0 aromatic heterocycles. The third-order valence-corrected chi connectivity index (χ3v) is 4.20. The van der Waals surface area contributed by atoms with Crippen LogP contribution in [0, 0.1) is 0 Å². The predicted octanol–water partition coefficient (Wildman–Crippen LogP) is 1.63. The van der Waals surface area contributed by atoms with Crippen molar-refractivity contribution in [2.24, 2.45) is 0 Å². The molecule has 2 bridgehead atoms. The van der Waals surface area contributed by atoms with Crippen molar-refractivity contribution >= 4 is 0 Å². The molecular formula is C13H26N2O. The summed E-state index contributed by atoms with van der Waals surface area (Å²) in [6.07, 6.45) is 5.44. The van der Waals surface area contributed by atoms with E-state index in [1.54, 1.807) is 0 Å². The molecule has 2 rings (SSSR count). The maximum Gasteiger partial charge on any atom is 0.0615 e. The molecule has 1 N–H and O–H groups in total. The summed E-state index contributed by atoms with van der Waals surface area (Å²) in [5, 5.41) is 3.62. The lowest BCUT2D eigenvalue weighted by Gasteiger charge is -2.42. The lowest BCUT2D eigenvalue weighted by Crippen LogP contribution is -2.53. The Morgan fingerprint density at radius 2 is 1.94 bits per heavy atom. The summed E-state index contributed by atoms with van der Waals surface area (Å²) in [6.45, 7) is 6.50. The molecule has 2 aliphatic rings. The van der Waals surface area contributed by atoms with E-state index in [-0.39, 0.29) is 0 Å². The zero-order valence-corrected chi connectivity index (χ0v) is 10.9. The number of ether oxygens (including phenoxy) is 1. The summed E-state index contributed by atoms with van der Waals surface area (Å²) >= 11 is 0. The third-order valence-electron chi connectivity index (χ3n) is 4.20. The Morgan fingerprint density at radius 1 is 1.31 bits per heavy atom. The van der Waals surface area contributed by atoms with Crippen molar-refractivity contribution in [3.05, 3.63) is 0 Å². The first-order valence-electron chi connectivity index (χ1n) is 6.76. The van der Waals surface area contributed by atoms with Gasteiger partial charge in [-0.1, -0.05) is 6.92 Å². The molecule has 0 aromatic rings. The van der Waals surface area contributed by atoms with E-state index in [0.717, 1.165) is 31.3 Å². The standard InChI is InChI=1S/C13H26N2O/c1-4-14-11-7-12-5-6-13(8-11)15(12)10(2)9-16-3/h10-14H,4-9H2,1-3H3. The van der Waals surface area contributed by atoms with Crippen LogP contribution in [0.25, 0.3) is 0 Å². The minimum atomic E-state index is 0.588. The van der Waals surface area contributed by atoms with Crippen LogP contribution >= 0.6 is 0 Å². The Hall–Kier alpha value is -0.120. The van der Waals surface area contributed by atoms with Gasteiger partial charge in [0, 0.05) is 31.3 Å². The molecule has 3 atom stereocenters. The lowest BCUT2D eigenvalue weighted by atomic mass is 9.96. The molecule has 0 spiro atoms. The van der Waals surface area contributed by atoms with Crippen LogP contribution in [0.15, 0.2) is 0 Å². The van der Waals surface area contributed by atoms with Crippen molar-refractivity contribution in [2.45, 2.75) is 63.7 Å². The fourth-order valence-corrected chi connectivity index (χ4v) is 3.72. The molecule has 2 fully saturated rings. The first kappa shape index (κ1) is 12.3. The molecule has 3 unspecified atom stereocenters. The van der Waals surface area contributed by atoms with Gasteiger partial charge in [0.2, 0.25) is 0 Å². The van der Waals surface area contributed by atoms with Gasteiger partial charge in [-0.3, -0.25) is 4.90 Å². The molecule has 2 aliphatic heterocycles. The van der Waals surface area contributed by atoms with Gasteiger partial charge >= 0.3 is 0 Å². The molecule has 94 valence electrons. The van der Waals surface area contributed by atoms with Gasteiger partial charge in [-0.05, 0) is 39.2 Å². The second-order valence-corrected chi connectivity index (χ2v) is 5.36. The summed E-state index contributed by atoms with van der Waals surface area (Å²) in [5.74, 6) is 0. The van der Waals surface area contributed by atoms with Crippen LogP contribution < -0.4 is 5.32 Å². The van der Waals surface area contributed by atoms with E-state index in [4.69, 9.17) is 4.74 Å². The number of piperidine rings is 1. The van der Waals surface area contributed by atoms with Gasteiger partial charge in [0.25, 0.3) is 0 Å². The van der Waals surface area contributed by atoms with Crippen LogP contribution in [0.4, 0.5) is 0 Å². The highest BCUT2D eigenvalue weighted by Crippen LogP contribution is 2.37. The molecule has 0 aromatic carbocycles. The van der Waals surface area contributed by atoms with E-state index in [1.807, 2.05) is 7.11 Å². The highest BCUT2D eigenvalue weighted by molar-refractivity contribution is 4.99. The van der Waals surface area contributed by atoms with Crippen LogP contribution in [0.2, 0.25) is 0 Å². The summed E-state index contributed by atoms with van der Waals surface area (Å²) in [4.78, 5) is 2.72. The summed E-state index contributed by atoms with van der Waals surface area (Å²) in [6, 6.07) is 2.94. The third kappa shape index (κ3) is 2.41. The first-order valence-corrected chi connectivity index (χ1v) is 6.76. The molecule has 3 nitrogen and oxygen atoms in total. The number of hydrogen-bond donors (Lipinski definition) is 1. The van der Waals surface area contributed by atoms with Crippen LogP contribution in [-0.2, 0) is 4.74 Å². The van der Waals surface area contributed by atoms with Crippen molar-refractivity contribution in [3.63, 3.8) is 0 Å². The normalized spacial score (nSPS) is 36.6. The van der Waals surface area contributed by atoms with Crippen LogP contribution in [0.3, 0.4) is 0 Å². The summed E-state index contributed by atoms with van der Waals surface area (Å²) in [7, 11) is 1.81. The second kappa shape index (κ2) is 5.48. The first-order chi connectivity index (χ1) is 7.76. The molecule has 0 amide bonds. The Kier molecular flexibility index (Phi) is 4.22. The molecule has 0 radical (unpaired) electrons. The van der Waals surface area contributed by atoms with Gasteiger partial charge in [0.05, 0.1) is 6.61 Å². The maximum absolute atomic E-state index is 5.30. The maximum atomic E-state index is 5.30. The average molecular weight is 226 g/mol. The molecule has 0 saturated carbocycles. The highest BCUT2D eigenvalue weighted by Gasteiger charge is 2.42. The summed E-state index contributed by atoms with van der Waals surface area (Å²) in [5.41, 5.74) is 0. The quantitative estimate of drug-likeness (QED) is 0.771.